The van der Waals surface area contributed by atoms with Crippen LogP contribution in [0, 0.1) is 0 Å². The second-order valence-electron chi connectivity index (χ2n) is 6.74. The van der Waals surface area contributed by atoms with Crippen LogP contribution in [0.25, 0.3) is 0 Å². The van der Waals surface area contributed by atoms with Gasteiger partial charge in [0.2, 0.25) is 6.79 Å². The Hall–Kier alpha value is -2.51. The fourth-order valence-electron chi connectivity index (χ4n) is 3.26. The maximum absolute atomic E-state index is 12.9. The van der Waals surface area contributed by atoms with Crippen LogP contribution >= 0.6 is 23.2 Å². The number of carbonyl (C=O) groups is 3. The number of hydrogen-bond acceptors (Lipinski definition) is 7. The van der Waals surface area contributed by atoms with Crippen LogP contribution in [0.3, 0.4) is 0 Å². The number of halogens is 2. The summed E-state index contributed by atoms with van der Waals surface area (Å²) in [4.78, 5) is 38.0. The highest BCUT2D eigenvalue weighted by molar-refractivity contribution is 6.42. The minimum atomic E-state index is -1.45. The number of allylic oxidation sites excluding steroid dienone is 2. The van der Waals surface area contributed by atoms with Gasteiger partial charge in [0.25, 0.3) is 0 Å². The highest BCUT2D eigenvalue weighted by Crippen LogP contribution is 2.45. The number of carbonyl (C=O) groups excluding carboxylic acids is 3. The molecule has 162 valence electrons. The largest absolute Gasteiger partial charge is 0.545 e. The first-order valence-corrected chi connectivity index (χ1v) is 10.0. The van der Waals surface area contributed by atoms with Crippen molar-refractivity contribution in [2.24, 2.45) is 0 Å². The van der Waals surface area contributed by atoms with E-state index in [-0.39, 0.29) is 27.6 Å². The lowest BCUT2D eigenvalue weighted by molar-refractivity contribution is -0.299. The van der Waals surface area contributed by atoms with Crippen LogP contribution in [0.4, 0.5) is 0 Å². The highest BCUT2D eigenvalue weighted by Gasteiger charge is 2.38. The molecular formula is C21H22Cl2NO6-. The Morgan fingerprint density at radius 1 is 1.10 bits per heavy atom. The first-order valence-electron chi connectivity index (χ1n) is 9.25. The minimum Gasteiger partial charge on any atom is -0.545 e. The summed E-state index contributed by atoms with van der Waals surface area (Å²) in [5, 5.41) is 12.4. The number of rotatable bonds is 7. The van der Waals surface area contributed by atoms with Crippen molar-refractivity contribution in [3.63, 3.8) is 0 Å². The molecule has 1 aromatic rings. The Balaban J connectivity index is 2.51. The van der Waals surface area contributed by atoms with Crippen molar-refractivity contribution < 1.29 is 29.0 Å². The zero-order valence-electron chi connectivity index (χ0n) is 17.1. The summed E-state index contributed by atoms with van der Waals surface area (Å²) in [5.41, 5.74) is 1.08. The third-order valence-electron chi connectivity index (χ3n) is 4.96. The molecule has 0 aromatic heterocycles. The van der Waals surface area contributed by atoms with Crippen molar-refractivity contribution in [3.8, 4) is 0 Å². The van der Waals surface area contributed by atoms with Gasteiger partial charge in [-0.05, 0) is 31.9 Å². The number of carboxylic acid groups (broad SMARTS) is 1. The molecule has 0 unspecified atom stereocenters. The molecule has 0 bridgehead atoms. The predicted molar refractivity (Wildman–Crippen MR) is 109 cm³/mol. The van der Waals surface area contributed by atoms with Crippen molar-refractivity contribution in [1.82, 2.24) is 4.90 Å². The molecule has 9 heteroatoms. The van der Waals surface area contributed by atoms with Crippen molar-refractivity contribution in [1.29, 1.82) is 0 Å². The van der Waals surface area contributed by atoms with E-state index in [1.165, 1.54) is 0 Å². The van der Waals surface area contributed by atoms with Gasteiger partial charge in [0.1, 0.15) is 0 Å². The van der Waals surface area contributed by atoms with Gasteiger partial charge in [-0.15, -0.1) is 0 Å². The van der Waals surface area contributed by atoms with Crippen molar-refractivity contribution in [2.45, 2.75) is 39.5 Å². The Bertz CT molecular complexity index is 937. The summed E-state index contributed by atoms with van der Waals surface area (Å²) in [6.45, 7) is 4.49. The van der Waals surface area contributed by atoms with E-state index in [4.69, 9.17) is 32.7 Å². The number of ether oxygens (including phenoxy) is 2. The molecule has 1 aliphatic rings. The second kappa shape index (κ2) is 10.00. The van der Waals surface area contributed by atoms with E-state index in [1.54, 1.807) is 44.0 Å². The zero-order valence-corrected chi connectivity index (χ0v) is 18.6. The van der Waals surface area contributed by atoms with Gasteiger partial charge in [-0.3, -0.25) is 4.79 Å². The molecule has 0 saturated carbocycles. The Morgan fingerprint density at radius 3 is 2.33 bits per heavy atom. The topological polar surface area (TPSA) is 96.0 Å². The molecule has 0 N–H and O–H groups in total. The average molecular weight is 455 g/mol. The molecule has 0 amide bonds. The third kappa shape index (κ3) is 4.79. The molecule has 1 atom stereocenters. The van der Waals surface area contributed by atoms with Gasteiger partial charge >= 0.3 is 11.9 Å². The summed E-state index contributed by atoms with van der Waals surface area (Å²) >= 11 is 12.5. The molecule has 0 aliphatic carbocycles. The lowest BCUT2D eigenvalue weighted by Crippen LogP contribution is -2.38. The van der Waals surface area contributed by atoms with Gasteiger partial charge in [0.15, 0.2) is 0 Å². The first kappa shape index (κ1) is 23.8. The number of carboxylic acids is 1. The molecule has 1 heterocycles. The maximum atomic E-state index is 12.9. The monoisotopic (exact) mass is 454 g/mol. The Labute approximate surface area is 184 Å². The normalized spacial score (nSPS) is 16.6. The van der Waals surface area contributed by atoms with Gasteiger partial charge in [-0.25, -0.2) is 4.79 Å². The fourth-order valence-corrected chi connectivity index (χ4v) is 3.68. The van der Waals surface area contributed by atoms with E-state index in [2.05, 4.69) is 0 Å². The summed E-state index contributed by atoms with van der Waals surface area (Å²) in [5.74, 6) is -3.86. The molecule has 1 aliphatic heterocycles. The molecule has 7 nitrogen and oxygen atoms in total. The fraction of sp³-hybridized carbons (Fsp3) is 0.381. The number of hydrogen-bond donors (Lipinski definition) is 0. The maximum Gasteiger partial charge on any atom is 0.339 e. The van der Waals surface area contributed by atoms with Crippen LogP contribution in [0.2, 0.25) is 10.0 Å². The van der Waals surface area contributed by atoms with Crippen LogP contribution in [0.15, 0.2) is 40.7 Å². The Morgan fingerprint density at radius 2 is 1.73 bits per heavy atom. The minimum absolute atomic E-state index is 0.0398. The van der Waals surface area contributed by atoms with Crippen molar-refractivity contribution in [3.05, 3.63) is 56.3 Å². The van der Waals surface area contributed by atoms with Gasteiger partial charge in [0.05, 0.1) is 21.6 Å². The van der Waals surface area contributed by atoms with E-state index < -0.39 is 30.6 Å². The summed E-state index contributed by atoms with van der Waals surface area (Å²) in [6.07, 6.45) is 0.787. The van der Waals surface area contributed by atoms with Crippen LogP contribution in [0.5, 0.6) is 0 Å². The molecule has 1 aromatic carbocycles. The molecule has 0 saturated heterocycles. The van der Waals surface area contributed by atoms with Crippen LogP contribution in [0.1, 0.15) is 45.1 Å². The summed E-state index contributed by atoms with van der Waals surface area (Å²) in [7, 11) is 1.62. The molecule has 0 spiro atoms. The lowest BCUT2D eigenvalue weighted by Gasteiger charge is -2.37. The number of esters is 2. The molecule has 2 rings (SSSR count). The van der Waals surface area contributed by atoms with Gasteiger partial charge in [-0.1, -0.05) is 42.3 Å². The van der Waals surface area contributed by atoms with E-state index in [1.807, 2.05) is 6.92 Å². The Kier molecular flexibility index (Phi) is 7.92. The van der Waals surface area contributed by atoms with E-state index in [0.29, 0.717) is 23.4 Å². The predicted octanol–water partition coefficient (Wildman–Crippen LogP) is 3.16. The quantitative estimate of drug-likeness (QED) is 0.460. The average Bonchev–Trinajstić information content (AvgIpc) is 2.67. The SMILES string of the molecule is CCCC(=O)OCOC(=O)C1=C(C)N(C)C(C)=C(C(=O)[O-])[C@H]1c1cccc(Cl)c1Cl. The van der Waals surface area contributed by atoms with Crippen LogP contribution in [-0.2, 0) is 23.9 Å². The third-order valence-corrected chi connectivity index (χ3v) is 5.79. The molecule has 30 heavy (non-hydrogen) atoms. The van der Waals surface area contributed by atoms with E-state index >= 15 is 0 Å². The number of aliphatic carboxylic acids is 1. The van der Waals surface area contributed by atoms with Gasteiger partial charge in [-0.2, -0.15) is 0 Å². The smallest absolute Gasteiger partial charge is 0.339 e. The van der Waals surface area contributed by atoms with Crippen LogP contribution in [-0.4, -0.2) is 36.6 Å². The highest BCUT2D eigenvalue weighted by atomic mass is 35.5. The summed E-state index contributed by atoms with van der Waals surface area (Å²) in [6, 6.07) is 4.75. The first-order chi connectivity index (χ1) is 14.1. The zero-order chi connectivity index (χ0) is 22.6. The van der Waals surface area contributed by atoms with Gasteiger partial charge < -0.3 is 24.3 Å². The van der Waals surface area contributed by atoms with E-state index in [9.17, 15) is 19.5 Å². The van der Waals surface area contributed by atoms with E-state index in [0.717, 1.165) is 0 Å². The summed E-state index contributed by atoms with van der Waals surface area (Å²) < 4.78 is 10.0. The number of nitrogens with zero attached hydrogens (tertiary/aromatic N) is 1. The van der Waals surface area contributed by atoms with Crippen molar-refractivity contribution in [2.75, 3.05) is 13.8 Å². The molecule has 0 fully saturated rings. The lowest BCUT2D eigenvalue weighted by atomic mass is 9.80. The van der Waals surface area contributed by atoms with Crippen LogP contribution < -0.4 is 5.11 Å². The van der Waals surface area contributed by atoms with Gasteiger partial charge in [0, 0.05) is 36.4 Å². The number of benzene rings is 1. The molecule has 0 radical (unpaired) electrons. The standard InChI is InChI=1S/C21H23Cl2NO6/c1-5-7-15(25)29-10-30-21(28)17-12(3)24(4)11(2)16(20(26)27)18(17)13-8-6-9-14(22)19(13)23/h6,8-9,18H,5,7,10H2,1-4H3,(H,26,27)/p-1/t18-/m1/s1. The van der Waals surface area contributed by atoms with Crippen molar-refractivity contribution >= 4 is 41.1 Å². The second-order valence-corrected chi connectivity index (χ2v) is 7.52. The molecular weight excluding hydrogens is 433 g/mol.